The maximum Gasteiger partial charge on any atom is 0.331 e. The average molecular weight is 270 g/mol. The highest BCUT2D eigenvalue weighted by atomic mass is 32.1. The quantitative estimate of drug-likeness (QED) is 0.810. The van der Waals surface area contributed by atoms with Gasteiger partial charge in [0.15, 0.2) is 5.54 Å². The topological polar surface area (TPSA) is 88.5 Å². The van der Waals surface area contributed by atoms with Crippen LogP contribution in [0, 0.1) is 0 Å². The number of thiazole rings is 1. The van der Waals surface area contributed by atoms with Gasteiger partial charge in [-0.3, -0.25) is 4.79 Å². The minimum Gasteiger partial charge on any atom is -0.479 e. The number of carboxylic acids is 1. The molecule has 1 aliphatic heterocycles. The zero-order chi connectivity index (χ0) is 13.0. The largest absolute Gasteiger partial charge is 0.479 e. The fraction of sp³-hybridized carbons (Fsp3) is 0.545. The highest BCUT2D eigenvalue weighted by Gasteiger charge is 2.43. The number of carboxylic acid groups (broad SMARTS) is 1. The third-order valence-electron chi connectivity index (χ3n) is 2.90. The monoisotopic (exact) mass is 270 g/mol. The summed E-state index contributed by atoms with van der Waals surface area (Å²) in [4.78, 5) is 27.0. The number of carbonyl (C=O) groups is 2. The molecule has 0 aromatic carbocycles. The molecule has 0 saturated carbocycles. The van der Waals surface area contributed by atoms with Crippen LogP contribution in [0.2, 0.25) is 0 Å². The van der Waals surface area contributed by atoms with Gasteiger partial charge in [0.2, 0.25) is 5.91 Å². The average Bonchev–Trinajstić information content (AvgIpc) is 2.97. The van der Waals surface area contributed by atoms with Gasteiger partial charge in [-0.05, 0) is 6.42 Å². The molecule has 1 fully saturated rings. The summed E-state index contributed by atoms with van der Waals surface area (Å²) in [6, 6.07) is 0. The number of amides is 1. The van der Waals surface area contributed by atoms with E-state index in [1.807, 2.05) is 5.38 Å². The second-order valence-electron chi connectivity index (χ2n) is 4.22. The van der Waals surface area contributed by atoms with Crippen molar-refractivity contribution >= 4 is 23.2 Å². The fourth-order valence-electron chi connectivity index (χ4n) is 1.82. The number of ether oxygens (including phenoxy) is 1. The van der Waals surface area contributed by atoms with Crippen molar-refractivity contribution in [2.24, 2.45) is 0 Å². The Morgan fingerprint density at radius 2 is 2.44 bits per heavy atom. The van der Waals surface area contributed by atoms with Crippen LogP contribution in [0.25, 0.3) is 0 Å². The van der Waals surface area contributed by atoms with Crippen molar-refractivity contribution in [2.45, 2.75) is 24.8 Å². The van der Waals surface area contributed by atoms with E-state index in [0.29, 0.717) is 19.4 Å². The van der Waals surface area contributed by atoms with E-state index in [1.165, 1.54) is 11.3 Å². The summed E-state index contributed by atoms with van der Waals surface area (Å²) in [5.41, 5.74) is 1.30. The molecular formula is C11H14N2O4S. The number of aromatic nitrogens is 1. The Bertz CT molecular complexity index is 426. The van der Waals surface area contributed by atoms with Gasteiger partial charge in [-0.25, -0.2) is 9.78 Å². The molecule has 1 saturated heterocycles. The summed E-state index contributed by atoms with van der Waals surface area (Å²) in [6.07, 6.45) is 1.06. The zero-order valence-corrected chi connectivity index (χ0v) is 10.5. The molecule has 0 spiro atoms. The zero-order valence-electron chi connectivity index (χ0n) is 9.72. The summed E-state index contributed by atoms with van der Waals surface area (Å²) < 4.78 is 5.07. The predicted octanol–water partition coefficient (Wildman–Crippen LogP) is 0.436. The van der Waals surface area contributed by atoms with Gasteiger partial charge in [-0.2, -0.15) is 0 Å². The van der Waals surface area contributed by atoms with Gasteiger partial charge in [0, 0.05) is 24.8 Å². The molecule has 1 amide bonds. The molecule has 1 unspecified atom stereocenters. The van der Waals surface area contributed by atoms with Gasteiger partial charge >= 0.3 is 5.97 Å². The van der Waals surface area contributed by atoms with Crippen LogP contribution >= 0.6 is 11.3 Å². The molecule has 1 atom stereocenters. The first-order chi connectivity index (χ1) is 8.62. The first-order valence-electron chi connectivity index (χ1n) is 5.62. The molecule has 1 aliphatic rings. The number of hydrogen-bond acceptors (Lipinski definition) is 5. The van der Waals surface area contributed by atoms with Crippen LogP contribution in [0.5, 0.6) is 0 Å². The Morgan fingerprint density at radius 1 is 1.61 bits per heavy atom. The van der Waals surface area contributed by atoms with Crippen LogP contribution in [-0.2, 0) is 20.7 Å². The predicted molar refractivity (Wildman–Crippen MR) is 64.4 cm³/mol. The summed E-state index contributed by atoms with van der Waals surface area (Å²) in [7, 11) is 0. The summed E-state index contributed by atoms with van der Waals surface area (Å²) in [5, 5.41) is 13.6. The molecular weight excluding hydrogens is 256 g/mol. The number of rotatable bonds is 5. The Hall–Kier alpha value is -1.47. The highest BCUT2D eigenvalue weighted by molar-refractivity contribution is 7.07. The fourth-order valence-corrected chi connectivity index (χ4v) is 2.41. The van der Waals surface area contributed by atoms with E-state index >= 15 is 0 Å². The van der Waals surface area contributed by atoms with Crippen molar-refractivity contribution in [1.82, 2.24) is 10.3 Å². The minimum absolute atomic E-state index is 0.0325. The lowest BCUT2D eigenvalue weighted by Gasteiger charge is -2.23. The van der Waals surface area contributed by atoms with E-state index in [9.17, 15) is 9.59 Å². The van der Waals surface area contributed by atoms with Crippen molar-refractivity contribution in [3.63, 3.8) is 0 Å². The molecule has 7 heteroatoms. The van der Waals surface area contributed by atoms with Crippen LogP contribution in [0.15, 0.2) is 10.9 Å². The van der Waals surface area contributed by atoms with Crippen molar-refractivity contribution in [3.8, 4) is 0 Å². The number of aliphatic carboxylic acids is 1. The van der Waals surface area contributed by atoms with E-state index in [4.69, 9.17) is 9.84 Å². The summed E-state index contributed by atoms with van der Waals surface area (Å²) in [5.74, 6) is -1.32. The molecule has 6 nitrogen and oxygen atoms in total. The lowest BCUT2D eigenvalue weighted by molar-refractivity contribution is -0.147. The Morgan fingerprint density at radius 3 is 3.00 bits per heavy atom. The minimum atomic E-state index is -1.25. The number of nitrogens with one attached hydrogen (secondary N) is 1. The Balaban J connectivity index is 1.88. The van der Waals surface area contributed by atoms with Crippen LogP contribution in [0.1, 0.15) is 18.5 Å². The van der Waals surface area contributed by atoms with Gasteiger partial charge in [0.05, 0.1) is 17.8 Å². The van der Waals surface area contributed by atoms with Crippen molar-refractivity contribution < 1.29 is 19.4 Å². The lowest BCUT2D eigenvalue weighted by atomic mass is 9.98. The van der Waals surface area contributed by atoms with Gasteiger partial charge in [0.1, 0.15) is 0 Å². The van der Waals surface area contributed by atoms with Gasteiger partial charge in [0.25, 0.3) is 0 Å². The third-order valence-corrected chi connectivity index (χ3v) is 3.54. The smallest absolute Gasteiger partial charge is 0.331 e. The maximum absolute atomic E-state index is 11.7. The SMILES string of the molecule is O=C(CCc1cscn1)NC1(C(=O)O)CCOC1. The second kappa shape index (κ2) is 5.45. The number of nitrogens with zero attached hydrogens (tertiary/aromatic N) is 1. The number of hydrogen-bond donors (Lipinski definition) is 2. The third kappa shape index (κ3) is 2.85. The van der Waals surface area contributed by atoms with Crippen molar-refractivity contribution in [1.29, 1.82) is 0 Å². The Labute approximate surface area is 108 Å². The van der Waals surface area contributed by atoms with E-state index in [2.05, 4.69) is 10.3 Å². The van der Waals surface area contributed by atoms with E-state index in [-0.39, 0.29) is 18.9 Å². The summed E-state index contributed by atoms with van der Waals surface area (Å²) in [6.45, 7) is 0.392. The maximum atomic E-state index is 11.7. The van der Waals surface area contributed by atoms with Crippen LogP contribution in [0.4, 0.5) is 0 Å². The van der Waals surface area contributed by atoms with Crippen molar-refractivity contribution in [3.05, 3.63) is 16.6 Å². The lowest BCUT2D eigenvalue weighted by Crippen LogP contribution is -2.55. The van der Waals surface area contributed by atoms with E-state index in [1.54, 1.807) is 5.51 Å². The number of carbonyl (C=O) groups excluding carboxylic acids is 1. The summed E-state index contributed by atoms with van der Waals surface area (Å²) >= 11 is 1.47. The molecule has 2 heterocycles. The van der Waals surface area contributed by atoms with Gasteiger partial charge in [-0.15, -0.1) is 11.3 Å². The van der Waals surface area contributed by atoms with Crippen LogP contribution in [0.3, 0.4) is 0 Å². The molecule has 2 N–H and O–H groups in total. The number of aryl methyl sites for hydroxylation is 1. The van der Waals surface area contributed by atoms with Gasteiger partial charge < -0.3 is 15.2 Å². The highest BCUT2D eigenvalue weighted by Crippen LogP contribution is 2.19. The Kier molecular flexibility index (Phi) is 3.93. The van der Waals surface area contributed by atoms with Crippen molar-refractivity contribution in [2.75, 3.05) is 13.2 Å². The van der Waals surface area contributed by atoms with Gasteiger partial charge in [-0.1, -0.05) is 0 Å². The molecule has 0 radical (unpaired) electrons. The molecule has 1 aromatic rings. The molecule has 0 aliphatic carbocycles. The molecule has 18 heavy (non-hydrogen) atoms. The standard InChI is InChI=1S/C11H14N2O4S/c14-9(2-1-8-5-18-7-12-8)13-11(10(15)16)3-4-17-6-11/h5,7H,1-4,6H2,(H,13,14)(H,15,16). The molecule has 2 rings (SSSR count). The van der Waals surface area contributed by atoms with E-state index < -0.39 is 11.5 Å². The second-order valence-corrected chi connectivity index (χ2v) is 4.94. The molecule has 98 valence electrons. The first kappa shape index (κ1) is 13.0. The van der Waals surface area contributed by atoms with Crippen LogP contribution < -0.4 is 5.32 Å². The molecule has 0 bridgehead atoms. The normalized spacial score (nSPS) is 22.9. The first-order valence-corrected chi connectivity index (χ1v) is 6.56. The van der Waals surface area contributed by atoms with E-state index in [0.717, 1.165) is 5.69 Å². The molecule has 1 aromatic heterocycles. The van der Waals surface area contributed by atoms with Crippen LogP contribution in [-0.4, -0.2) is 40.7 Å².